The fraction of sp³-hybridized carbons (Fsp3) is 0.346. The van der Waals surface area contributed by atoms with Gasteiger partial charge >= 0.3 is 0 Å². The number of nitrogens with zero attached hydrogens (tertiary/aromatic N) is 2. The van der Waals surface area contributed by atoms with Crippen molar-refractivity contribution in [1.29, 1.82) is 0 Å². The Balaban J connectivity index is 1.54. The Hall–Kier alpha value is -2.81. The van der Waals surface area contributed by atoms with Gasteiger partial charge in [-0.1, -0.05) is 75.4 Å². The van der Waals surface area contributed by atoms with Crippen LogP contribution >= 0.6 is 0 Å². The summed E-state index contributed by atoms with van der Waals surface area (Å²) < 4.78 is 2.27. The molecule has 3 aromatic rings. The van der Waals surface area contributed by atoms with Crippen LogP contribution in [0.25, 0.3) is 22.2 Å². The van der Waals surface area contributed by atoms with E-state index in [1.807, 2.05) is 6.21 Å². The van der Waals surface area contributed by atoms with E-state index in [1.54, 1.807) is 0 Å². The number of nitrogens with one attached hydrogen (secondary N) is 1. The van der Waals surface area contributed by atoms with Crippen LogP contribution in [0.3, 0.4) is 0 Å². The molecule has 29 heavy (non-hydrogen) atoms. The minimum atomic E-state index is 0.190. The van der Waals surface area contributed by atoms with Crippen LogP contribution in [-0.4, -0.2) is 10.8 Å². The number of hydrazone groups is 1. The molecule has 2 aliphatic carbocycles. The van der Waals surface area contributed by atoms with Crippen molar-refractivity contribution in [3.63, 3.8) is 0 Å². The molecule has 2 atom stereocenters. The summed E-state index contributed by atoms with van der Waals surface area (Å²) in [4.78, 5) is 0. The maximum Gasteiger partial charge on any atom is 0.0578 e. The van der Waals surface area contributed by atoms with E-state index in [0.29, 0.717) is 11.3 Å². The molecule has 2 aliphatic rings. The molecule has 0 spiro atoms. The standard InChI is InChI=1S/C26H29N3/c1-25(2)19-14-15-26(25,3)23(16-19)28-27-17-21-20-12-8-9-13-22(20)29(4)24(21)18-10-6-5-7-11-18/h5-13,16-17,19,28H,14-15H2,1-4H3/b27-17-/t19-,26+/m0/s1. The largest absolute Gasteiger partial charge is 0.343 e. The minimum absolute atomic E-state index is 0.190. The zero-order valence-corrected chi connectivity index (χ0v) is 17.7. The lowest BCUT2D eigenvalue weighted by atomic mass is 9.69. The first-order chi connectivity index (χ1) is 13.9. The molecule has 2 bridgehead atoms. The molecule has 3 nitrogen and oxygen atoms in total. The molecule has 0 amide bonds. The average Bonchev–Trinajstić information content (AvgIpc) is 3.21. The molecular formula is C26H29N3. The van der Waals surface area contributed by atoms with Crippen LogP contribution in [0, 0.1) is 16.7 Å². The van der Waals surface area contributed by atoms with Gasteiger partial charge in [-0.3, -0.25) is 5.43 Å². The van der Waals surface area contributed by atoms with Gasteiger partial charge in [0.2, 0.25) is 0 Å². The van der Waals surface area contributed by atoms with Gasteiger partial charge < -0.3 is 4.57 Å². The number of fused-ring (bicyclic) bond motifs is 3. The Morgan fingerprint density at radius 1 is 1.03 bits per heavy atom. The van der Waals surface area contributed by atoms with Gasteiger partial charge in [-0.05, 0) is 35.8 Å². The number of aryl methyl sites for hydroxylation is 1. The van der Waals surface area contributed by atoms with Crippen LogP contribution in [0.2, 0.25) is 0 Å². The van der Waals surface area contributed by atoms with E-state index in [1.165, 1.54) is 40.7 Å². The molecule has 0 saturated heterocycles. The van der Waals surface area contributed by atoms with Crippen molar-refractivity contribution in [1.82, 2.24) is 9.99 Å². The van der Waals surface area contributed by atoms with E-state index in [-0.39, 0.29) is 5.41 Å². The summed E-state index contributed by atoms with van der Waals surface area (Å²) in [5.74, 6) is 0.655. The highest BCUT2D eigenvalue weighted by molar-refractivity contribution is 6.06. The van der Waals surface area contributed by atoms with Gasteiger partial charge in [0.1, 0.15) is 0 Å². The third-order valence-electron chi connectivity index (χ3n) is 7.84. The summed E-state index contributed by atoms with van der Waals surface area (Å²) in [5, 5.41) is 5.98. The summed E-state index contributed by atoms with van der Waals surface area (Å²) in [6.07, 6.45) is 6.96. The lowest BCUT2D eigenvalue weighted by Gasteiger charge is -2.36. The van der Waals surface area contributed by atoms with E-state index in [9.17, 15) is 0 Å². The normalized spacial score (nSPS) is 25.1. The van der Waals surface area contributed by atoms with Crippen molar-refractivity contribution in [2.45, 2.75) is 33.6 Å². The molecule has 0 unspecified atom stereocenters. The fourth-order valence-corrected chi connectivity index (χ4v) is 5.52. The van der Waals surface area contributed by atoms with Gasteiger partial charge in [0.05, 0.1) is 11.9 Å². The number of hydrogen-bond acceptors (Lipinski definition) is 2. The Labute approximate surface area is 173 Å². The summed E-state index contributed by atoms with van der Waals surface area (Å²) in [6, 6.07) is 19.1. The molecule has 1 N–H and O–H groups in total. The number of para-hydroxylation sites is 1. The van der Waals surface area contributed by atoms with Crippen LogP contribution in [0.5, 0.6) is 0 Å². The summed E-state index contributed by atoms with van der Waals surface area (Å²) in [7, 11) is 2.14. The topological polar surface area (TPSA) is 29.3 Å². The Morgan fingerprint density at radius 2 is 1.76 bits per heavy atom. The van der Waals surface area contributed by atoms with Crippen molar-refractivity contribution < 1.29 is 0 Å². The number of rotatable bonds is 4. The Morgan fingerprint density at radius 3 is 2.45 bits per heavy atom. The first kappa shape index (κ1) is 18.2. The van der Waals surface area contributed by atoms with Crippen LogP contribution in [0.15, 0.2) is 71.5 Å². The molecule has 3 heteroatoms. The molecule has 1 aromatic heterocycles. The highest BCUT2D eigenvalue weighted by Crippen LogP contribution is 2.64. The molecule has 1 heterocycles. The van der Waals surface area contributed by atoms with Crippen LogP contribution in [-0.2, 0) is 7.05 Å². The highest BCUT2D eigenvalue weighted by Gasteiger charge is 2.57. The zero-order chi connectivity index (χ0) is 20.2. The van der Waals surface area contributed by atoms with Gasteiger partial charge in [-0.2, -0.15) is 5.10 Å². The smallest absolute Gasteiger partial charge is 0.0578 e. The van der Waals surface area contributed by atoms with E-state index in [2.05, 4.69) is 98.5 Å². The van der Waals surface area contributed by atoms with Gasteiger partial charge in [0.25, 0.3) is 0 Å². The fourth-order valence-electron chi connectivity index (χ4n) is 5.52. The number of allylic oxidation sites excluding steroid dienone is 2. The van der Waals surface area contributed by atoms with Crippen molar-refractivity contribution >= 4 is 17.1 Å². The lowest BCUT2D eigenvalue weighted by molar-refractivity contribution is 0.164. The average molecular weight is 384 g/mol. The minimum Gasteiger partial charge on any atom is -0.343 e. The summed E-state index contributed by atoms with van der Waals surface area (Å²) in [5.41, 5.74) is 10.0. The number of hydrogen-bond donors (Lipinski definition) is 1. The predicted octanol–water partition coefficient (Wildman–Crippen LogP) is 6.11. The lowest BCUT2D eigenvalue weighted by Crippen LogP contribution is -2.33. The molecular weight excluding hydrogens is 354 g/mol. The van der Waals surface area contributed by atoms with Crippen LogP contribution in [0.1, 0.15) is 39.2 Å². The third-order valence-corrected chi connectivity index (χ3v) is 7.84. The predicted molar refractivity (Wildman–Crippen MR) is 122 cm³/mol. The molecule has 1 saturated carbocycles. The zero-order valence-electron chi connectivity index (χ0n) is 17.7. The molecule has 0 radical (unpaired) electrons. The van der Waals surface area contributed by atoms with Crippen molar-refractivity contribution in [2.75, 3.05) is 0 Å². The first-order valence-corrected chi connectivity index (χ1v) is 10.6. The first-order valence-electron chi connectivity index (χ1n) is 10.6. The second-order valence-electron chi connectivity index (χ2n) is 9.35. The number of aromatic nitrogens is 1. The van der Waals surface area contributed by atoms with Crippen molar-refractivity contribution in [2.24, 2.45) is 28.9 Å². The summed E-state index contributed by atoms with van der Waals surface area (Å²) >= 11 is 0. The molecule has 2 aromatic carbocycles. The van der Waals surface area contributed by atoms with E-state index in [4.69, 9.17) is 5.10 Å². The Kier molecular flexibility index (Phi) is 3.99. The second kappa shape index (κ2) is 6.35. The van der Waals surface area contributed by atoms with E-state index < -0.39 is 0 Å². The van der Waals surface area contributed by atoms with Crippen LogP contribution in [0.4, 0.5) is 0 Å². The van der Waals surface area contributed by atoms with E-state index >= 15 is 0 Å². The quantitative estimate of drug-likeness (QED) is 0.427. The van der Waals surface area contributed by atoms with Gasteiger partial charge in [0, 0.05) is 34.6 Å². The maximum absolute atomic E-state index is 4.75. The molecule has 148 valence electrons. The van der Waals surface area contributed by atoms with Gasteiger partial charge in [-0.15, -0.1) is 0 Å². The van der Waals surface area contributed by atoms with Crippen molar-refractivity contribution in [3.8, 4) is 11.3 Å². The van der Waals surface area contributed by atoms with Crippen molar-refractivity contribution in [3.05, 3.63) is 71.9 Å². The maximum atomic E-state index is 4.75. The van der Waals surface area contributed by atoms with E-state index in [0.717, 1.165) is 5.56 Å². The second-order valence-corrected chi connectivity index (χ2v) is 9.35. The molecule has 1 fully saturated rings. The highest BCUT2D eigenvalue weighted by atomic mass is 15.3. The molecule has 5 rings (SSSR count). The Bertz CT molecular complexity index is 1130. The van der Waals surface area contributed by atoms with Gasteiger partial charge in [-0.25, -0.2) is 0 Å². The summed E-state index contributed by atoms with van der Waals surface area (Å²) in [6.45, 7) is 7.19. The monoisotopic (exact) mass is 383 g/mol. The van der Waals surface area contributed by atoms with Crippen LogP contribution < -0.4 is 5.43 Å². The number of benzene rings is 2. The third kappa shape index (κ3) is 2.53. The SMILES string of the molecule is Cn1c(-c2ccccc2)c(/C=N\NC2=C[C@@H]3CC[C@@]2(C)C3(C)C)c2ccccc21. The molecule has 0 aliphatic heterocycles. The van der Waals surface area contributed by atoms with Gasteiger partial charge in [0.15, 0.2) is 0 Å².